The molecule has 2 heterocycles. The molecule has 0 unspecified atom stereocenters. The lowest BCUT2D eigenvalue weighted by Crippen LogP contribution is -2.12. The highest BCUT2D eigenvalue weighted by atomic mass is 35.5. The maximum absolute atomic E-state index is 13.1. The summed E-state index contributed by atoms with van der Waals surface area (Å²) in [6.45, 7) is 3.82. The molecule has 4 aromatic rings. The third kappa shape index (κ3) is 3.57. The van der Waals surface area contributed by atoms with E-state index in [0.29, 0.717) is 26.1 Å². The van der Waals surface area contributed by atoms with Gasteiger partial charge in [-0.3, -0.25) is 14.2 Å². The van der Waals surface area contributed by atoms with Crippen LogP contribution in [0.4, 0.5) is 5.69 Å². The first kappa shape index (κ1) is 19.7. The predicted molar refractivity (Wildman–Crippen MR) is 120 cm³/mol. The largest absolute Gasteiger partial charge is 0.321 e. The molecule has 2 aromatic carbocycles. The van der Waals surface area contributed by atoms with Gasteiger partial charge in [0.2, 0.25) is 0 Å². The van der Waals surface area contributed by atoms with Gasteiger partial charge in [0.15, 0.2) is 0 Å². The SMILES string of the molecule is Cc1ccsc1C(=O)Nc1ccc2c(c1)c(C)cn2C(=O)c1c(Cl)cccc1Cl. The van der Waals surface area contributed by atoms with Gasteiger partial charge in [-0.1, -0.05) is 29.3 Å². The van der Waals surface area contributed by atoms with Crippen LogP contribution in [0.15, 0.2) is 54.0 Å². The molecule has 0 bridgehead atoms. The van der Waals surface area contributed by atoms with Crippen LogP contribution in [0.2, 0.25) is 10.0 Å². The second-order valence-electron chi connectivity index (χ2n) is 6.70. The number of nitrogens with one attached hydrogen (secondary N) is 1. The highest BCUT2D eigenvalue weighted by Crippen LogP contribution is 2.30. The van der Waals surface area contributed by atoms with Crippen LogP contribution in [0.25, 0.3) is 10.9 Å². The van der Waals surface area contributed by atoms with Gasteiger partial charge in [0.1, 0.15) is 0 Å². The summed E-state index contributed by atoms with van der Waals surface area (Å²) in [6, 6.07) is 12.3. The van der Waals surface area contributed by atoms with Crippen LogP contribution >= 0.6 is 34.5 Å². The fourth-order valence-electron chi connectivity index (χ4n) is 3.26. The summed E-state index contributed by atoms with van der Waals surface area (Å²) >= 11 is 13.8. The van der Waals surface area contributed by atoms with Crippen LogP contribution in [0.5, 0.6) is 0 Å². The number of aromatic nitrogens is 1. The van der Waals surface area contributed by atoms with Gasteiger partial charge in [0.05, 0.1) is 26.0 Å². The van der Waals surface area contributed by atoms with E-state index in [1.165, 1.54) is 15.9 Å². The molecule has 146 valence electrons. The summed E-state index contributed by atoms with van der Waals surface area (Å²) in [6.07, 6.45) is 1.75. The normalized spacial score (nSPS) is 11.0. The number of hydrogen-bond acceptors (Lipinski definition) is 3. The van der Waals surface area contributed by atoms with Crippen LogP contribution in [0.1, 0.15) is 31.2 Å². The van der Waals surface area contributed by atoms with Crippen molar-refractivity contribution in [2.75, 3.05) is 5.32 Å². The Balaban J connectivity index is 1.71. The van der Waals surface area contributed by atoms with E-state index in [0.717, 1.165) is 16.5 Å². The molecule has 0 saturated heterocycles. The molecule has 1 amide bonds. The van der Waals surface area contributed by atoms with Crippen LogP contribution in [-0.2, 0) is 0 Å². The van der Waals surface area contributed by atoms with Crippen LogP contribution in [-0.4, -0.2) is 16.4 Å². The molecule has 0 spiro atoms. The van der Waals surface area contributed by atoms with E-state index in [1.54, 1.807) is 30.5 Å². The first-order chi connectivity index (χ1) is 13.9. The Morgan fingerprint density at radius 1 is 1.00 bits per heavy atom. The predicted octanol–water partition coefficient (Wildman–Crippen LogP) is 6.57. The Kier molecular flexibility index (Phi) is 5.21. The second kappa shape index (κ2) is 7.67. The molecule has 2 aromatic heterocycles. The van der Waals surface area contributed by atoms with E-state index >= 15 is 0 Å². The molecule has 4 rings (SSSR count). The van der Waals surface area contributed by atoms with Crippen molar-refractivity contribution in [3.63, 3.8) is 0 Å². The van der Waals surface area contributed by atoms with Gasteiger partial charge in [-0.15, -0.1) is 11.3 Å². The number of nitrogens with zero attached hydrogens (tertiary/aromatic N) is 1. The van der Waals surface area contributed by atoms with Gasteiger partial charge >= 0.3 is 0 Å². The van der Waals surface area contributed by atoms with Crippen molar-refractivity contribution >= 4 is 62.9 Å². The molecule has 0 aliphatic carbocycles. The number of carbonyl (C=O) groups excluding carboxylic acids is 2. The fourth-order valence-corrected chi connectivity index (χ4v) is 4.64. The van der Waals surface area contributed by atoms with E-state index in [4.69, 9.17) is 23.2 Å². The Hall–Kier alpha value is -2.60. The number of anilines is 1. The number of rotatable bonds is 3. The zero-order valence-corrected chi connectivity index (χ0v) is 18.0. The van der Waals surface area contributed by atoms with Crippen molar-refractivity contribution in [2.45, 2.75) is 13.8 Å². The lowest BCUT2D eigenvalue weighted by atomic mass is 10.1. The summed E-state index contributed by atoms with van der Waals surface area (Å²) in [4.78, 5) is 26.3. The molecule has 0 aliphatic rings. The number of aryl methyl sites for hydroxylation is 2. The van der Waals surface area contributed by atoms with Crippen molar-refractivity contribution in [2.24, 2.45) is 0 Å². The summed E-state index contributed by atoms with van der Waals surface area (Å²) in [5, 5.41) is 6.29. The number of amides is 1. The van der Waals surface area contributed by atoms with E-state index < -0.39 is 0 Å². The Morgan fingerprint density at radius 3 is 2.38 bits per heavy atom. The molecule has 4 nitrogen and oxygen atoms in total. The van der Waals surface area contributed by atoms with Crippen molar-refractivity contribution in [1.82, 2.24) is 4.57 Å². The average Bonchev–Trinajstić information content (AvgIpc) is 3.25. The molecule has 29 heavy (non-hydrogen) atoms. The molecule has 1 N–H and O–H groups in total. The van der Waals surface area contributed by atoms with Crippen LogP contribution in [0.3, 0.4) is 0 Å². The standard InChI is InChI=1S/C22H16Cl2N2O2S/c1-12-8-9-29-20(12)21(27)25-14-6-7-18-15(10-14)13(2)11-26(18)22(28)19-16(23)4-3-5-17(19)24/h3-11H,1-2H3,(H,25,27). The van der Waals surface area contributed by atoms with E-state index in [2.05, 4.69) is 5.32 Å². The smallest absolute Gasteiger partial charge is 0.265 e. The maximum Gasteiger partial charge on any atom is 0.265 e. The van der Waals surface area contributed by atoms with Gasteiger partial charge < -0.3 is 5.32 Å². The van der Waals surface area contributed by atoms with Gasteiger partial charge in [-0.25, -0.2) is 0 Å². The first-order valence-electron chi connectivity index (χ1n) is 8.82. The maximum atomic E-state index is 13.1. The van der Waals surface area contributed by atoms with Crippen molar-refractivity contribution in [3.05, 3.63) is 85.7 Å². The third-order valence-corrected chi connectivity index (χ3v) is 6.37. The molecule has 0 atom stereocenters. The van der Waals surface area contributed by atoms with Crippen molar-refractivity contribution < 1.29 is 9.59 Å². The summed E-state index contributed by atoms with van der Waals surface area (Å²) in [7, 11) is 0. The van der Waals surface area contributed by atoms with Gasteiger partial charge in [-0.05, 0) is 66.8 Å². The van der Waals surface area contributed by atoms with E-state index in [9.17, 15) is 9.59 Å². The average molecular weight is 443 g/mol. The Morgan fingerprint density at radius 2 is 1.72 bits per heavy atom. The minimum Gasteiger partial charge on any atom is -0.321 e. The Bertz CT molecular complexity index is 1250. The number of benzene rings is 2. The lowest BCUT2D eigenvalue weighted by molar-refractivity contribution is 0.0964. The highest BCUT2D eigenvalue weighted by molar-refractivity contribution is 7.12. The molecule has 0 radical (unpaired) electrons. The minimum absolute atomic E-state index is 0.145. The van der Waals surface area contributed by atoms with Gasteiger partial charge in [0, 0.05) is 17.3 Å². The monoisotopic (exact) mass is 442 g/mol. The van der Waals surface area contributed by atoms with Gasteiger partial charge in [0.25, 0.3) is 11.8 Å². The number of fused-ring (bicyclic) bond motifs is 1. The number of carbonyl (C=O) groups is 2. The number of halogens is 2. The topological polar surface area (TPSA) is 51.1 Å². The van der Waals surface area contributed by atoms with Crippen LogP contribution in [0, 0.1) is 13.8 Å². The molecule has 0 saturated carbocycles. The van der Waals surface area contributed by atoms with Crippen molar-refractivity contribution in [1.29, 1.82) is 0 Å². The minimum atomic E-state index is -0.301. The number of hydrogen-bond donors (Lipinski definition) is 1. The molecular weight excluding hydrogens is 427 g/mol. The van der Waals surface area contributed by atoms with Gasteiger partial charge in [-0.2, -0.15) is 0 Å². The quantitative estimate of drug-likeness (QED) is 0.390. The summed E-state index contributed by atoms with van der Waals surface area (Å²) in [5.41, 5.74) is 3.49. The Labute approximate surface area is 181 Å². The zero-order valence-electron chi connectivity index (χ0n) is 15.6. The summed E-state index contributed by atoms with van der Waals surface area (Å²) < 4.78 is 1.53. The third-order valence-electron chi connectivity index (χ3n) is 4.73. The van der Waals surface area contributed by atoms with E-state index in [1.807, 2.05) is 37.4 Å². The zero-order chi connectivity index (χ0) is 20.7. The molecule has 0 aliphatic heterocycles. The molecule has 7 heteroatoms. The fraction of sp³-hybridized carbons (Fsp3) is 0.0909. The van der Waals surface area contributed by atoms with Crippen LogP contribution < -0.4 is 5.32 Å². The summed E-state index contributed by atoms with van der Waals surface area (Å²) in [5.74, 6) is -0.447. The highest BCUT2D eigenvalue weighted by Gasteiger charge is 2.20. The van der Waals surface area contributed by atoms with Crippen molar-refractivity contribution in [3.8, 4) is 0 Å². The second-order valence-corrected chi connectivity index (χ2v) is 8.43. The lowest BCUT2D eigenvalue weighted by Gasteiger charge is -2.09. The van der Waals surface area contributed by atoms with E-state index in [-0.39, 0.29) is 17.4 Å². The molecule has 0 fully saturated rings. The first-order valence-corrected chi connectivity index (χ1v) is 10.5. The number of thiophene rings is 1. The molecular formula is C22H16Cl2N2O2S.